The van der Waals surface area contributed by atoms with Crippen LogP contribution < -0.4 is 9.47 Å². The molecule has 0 spiro atoms. The van der Waals surface area contributed by atoms with Crippen molar-refractivity contribution in [3.63, 3.8) is 0 Å². The average Bonchev–Trinajstić information content (AvgIpc) is 2.73. The summed E-state index contributed by atoms with van der Waals surface area (Å²) in [6.07, 6.45) is 0. The second kappa shape index (κ2) is 3.67. The van der Waals surface area contributed by atoms with E-state index in [-0.39, 0.29) is 0 Å². The normalized spacial score (nSPS) is 14.7. The highest BCUT2D eigenvalue weighted by Gasteiger charge is 2.17. The molecule has 0 amide bonds. The Labute approximate surface area is 98.8 Å². The highest BCUT2D eigenvalue weighted by molar-refractivity contribution is 7.19. The maximum atomic E-state index is 5.71. The van der Waals surface area contributed by atoms with Gasteiger partial charge in [0.05, 0.1) is 0 Å². The van der Waals surface area contributed by atoms with Crippen LogP contribution in [-0.2, 0) is 0 Å². The molecule has 2 aromatic rings. The second-order valence-corrected chi connectivity index (χ2v) is 5.42. The van der Waals surface area contributed by atoms with E-state index >= 15 is 0 Å². The molecule has 0 fully saturated rings. The molecule has 16 heavy (non-hydrogen) atoms. The van der Waals surface area contributed by atoms with Crippen LogP contribution in [0.5, 0.6) is 11.5 Å². The van der Waals surface area contributed by atoms with Gasteiger partial charge in [-0.25, -0.2) is 0 Å². The highest BCUT2D eigenvalue weighted by Crippen LogP contribution is 2.42. The summed E-state index contributed by atoms with van der Waals surface area (Å²) in [5.74, 6) is 2.37. The Morgan fingerprint density at radius 1 is 1.19 bits per heavy atom. The number of benzene rings is 1. The third kappa shape index (κ3) is 1.47. The van der Waals surface area contributed by atoms with E-state index in [1.807, 2.05) is 17.4 Å². The van der Waals surface area contributed by atoms with E-state index in [4.69, 9.17) is 9.47 Å². The minimum atomic E-state index is 0.567. The molecule has 0 saturated heterocycles. The number of rotatable bonds is 1. The van der Waals surface area contributed by atoms with E-state index < -0.39 is 0 Å². The van der Waals surface area contributed by atoms with Crippen LogP contribution in [0.2, 0.25) is 0 Å². The van der Waals surface area contributed by atoms with Crippen LogP contribution in [0.4, 0.5) is 0 Å². The summed E-state index contributed by atoms with van der Waals surface area (Å²) in [6, 6.07) is 6.37. The molecule has 1 aromatic heterocycles. The molecule has 0 radical (unpaired) electrons. The van der Waals surface area contributed by atoms with Gasteiger partial charge in [-0.15, -0.1) is 11.3 Å². The van der Waals surface area contributed by atoms with Gasteiger partial charge in [0.1, 0.15) is 13.2 Å². The van der Waals surface area contributed by atoms with Gasteiger partial charge in [-0.1, -0.05) is 13.8 Å². The molecule has 1 aliphatic heterocycles. The smallest absolute Gasteiger partial charge is 0.170 e. The van der Waals surface area contributed by atoms with Gasteiger partial charge in [-0.2, -0.15) is 0 Å². The number of hydrogen-bond acceptors (Lipinski definition) is 3. The zero-order chi connectivity index (χ0) is 11.1. The summed E-state index contributed by atoms with van der Waals surface area (Å²) in [4.78, 5) is 1.40. The minimum Gasteiger partial charge on any atom is -0.486 e. The van der Waals surface area contributed by atoms with E-state index in [9.17, 15) is 0 Å². The molecule has 3 heteroatoms. The second-order valence-electron chi connectivity index (χ2n) is 4.31. The molecule has 1 aliphatic rings. The molecule has 0 bridgehead atoms. The number of fused-ring (bicyclic) bond motifs is 3. The maximum Gasteiger partial charge on any atom is 0.170 e. The van der Waals surface area contributed by atoms with E-state index in [2.05, 4.69) is 26.0 Å². The molecule has 3 rings (SSSR count). The van der Waals surface area contributed by atoms with Crippen molar-refractivity contribution in [1.29, 1.82) is 0 Å². The van der Waals surface area contributed by atoms with Crippen molar-refractivity contribution in [3.8, 4) is 11.5 Å². The third-order valence-electron chi connectivity index (χ3n) is 2.79. The van der Waals surface area contributed by atoms with Gasteiger partial charge in [-0.3, -0.25) is 0 Å². The summed E-state index contributed by atoms with van der Waals surface area (Å²) >= 11 is 1.84. The minimum absolute atomic E-state index is 0.567. The lowest BCUT2D eigenvalue weighted by atomic mass is 10.1. The van der Waals surface area contributed by atoms with Gasteiger partial charge in [0.25, 0.3) is 0 Å². The predicted octanol–water partition coefficient (Wildman–Crippen LogP) is 3.80. The van der Waals surface area contributed by atoms with Crippen molar-refractivity contribution in [1.82, 2.24) is 0 Å². The Morgan fingerprint density at radius 3 is 2.81 bits per heavy atom. The Kier molecular flexibility index (Phi) is 2.28. The summed E-state index contributed by atoms with van der Waals surface area (Å²) in [6.45, 7) is 5.74. The first-order valence-electron chi connectivity index (χ1n) is 5.58. The summed E-state index contributed by atoms with van der Waals surface area (Å²) < 4.78 is 12.6. The van der Waals surface area contributed by atoms with Crippen LogP contribution in [0.3, 0.4) is 0 Å². The first kappa shape index (κ1) is 9.97. The molecule has 1 aromatic carbocycles. The van der Waals surface area contributed by atoms with Gasteiger partial charge in [0, 0.05) is 15.0 Å². The molecule has 0 saturated carbocycles. The van der Waals surface area contributed by atoms with E-state index in [1.165, 1.54) is 15.0 Å². The zero-order valence-electron chi connectivity index (χ0n) is 9.45. The van der Waals surface area contributed by atoms with Crippen molar-refractivity contribution in [2.24, 2.45) is 0 Å². The monoisotopic (exact) mass is 234 g/mol. The summed E-state index contributed by atoms with van der Waals surface area (Å²) in [7, 11) is 0. The molecule has 2 heterocycles. The average molecular weight is 234 g/mol. The topological polar surface area (TPSA) is 18.5 Å². The highest BCUT2D eigenvalue weighted by atomic mass is 32.1. The largest absolute Gasteiger partial charge is 0.486 e. The molecular formula is C13H14O2S. The fraction of sp³-hybridized carbons (Fsp3) is 0.385. The molecule has 0 unspecified atom stereocenters. The SMILES string of the molecule is CC(C)c1cc2c3c(ccc2s1)OCCO3. The van der Waals surface area contributed by atoms with Crippen molar-refractivity contribution >= 4 is 21.4 Å². The lowest BCUT2D eigenvalue weighted by Crippen LogP contribution is -2.15. The fourth-order valence-corrected chi connectivity index (χ4v) is 2.99. The summed E-state index contributed by atoms with van der Waals surface area (Å²) in [5.41, 5.74) is 0. The third-order valence-corrected chi connectivity index (χ3v) is 4.19. The van der Waals surface area contributed by atoms with E-state index in [0.29, 0.717) is 19.1 Å². The Morgan fingerprint density at radius 2 is 2.00 bits per heavy atom. The van der Waals surface area contributed by atoms with Crippen LogP contribution in [-0.4, -0.2) is 13.2 Å². The van der Waals surface area contributed by atoms with Crippen molar-refractivity contribution in [2.45, 2.75) is 19.8 Å². The molecular weight excluding hydrogens is 220 g/mol. The van der Waals surface area contributed by atoms with Gasteiger partial charge >= 0.3 is 0 Å². The number of hydrogen-bond donors (Lipinski definition) is 0. The van der Waals surface area contributed by atoms with Crippen LogP contribution >= 0.6 is 11.3 Å². The lowest BCUT2D eigenvalue weighted by Gasteiger charge is -2.18. The Balaban J connectivity index is 2.22. The number of thiophene rings is 1. The van der Waals surface area contributed by atoms with Crippen molar-refractivity contribution < 1.29 is 9.47 Å². The Bertz CT molecular complexity index is 528. The van der Waals surface area contributed by atoms with Gasteiger partial charge in [0.15, 0.2) is 11.5 Å². The van der Waals surface area contributed by atoms with Crippen molar-refractivity contribution in [2.75, 3.05) is 13.2 Å². The predicted molar refractivity (Wildman–Crippen MR) is 66.9 cm³/mol. The maximum absolute atomic E-state index is 5.71. The fourth-order valence-electron chi connectivity index (χ4n) is 1.93. The molecule has 0 aliphatic carbocycles. The lowest BCUT2D eigenvalue weighted by molar-refractivity contribution is 0.174. The van der Waals surface area contributed by atoms with E-state index in [1.54, 1.807) is 0 Å². The van der Waals surface area contributed by atoms with Gasteiger partial charge in [0.2, 0.25) is 0 Å². The van der Waals surface area contributed by atoms with Crippen LogP contribution in [0.15, 0.2) is 18.2 Å². The molecule has 0 atom stereocenters. The zero-order valence-corrected chi connectivity index (χ0v) is 10.3. The molecule has 84 valence electrons. The standard InChI is InChI=1S/C13H14O2S/c1-8(2)12-7-9-11(16-12)4-3-10-13(9)15-6-5-14-10/h3-4,7-8H,5-6H2,1-2H3. The van der Waals surface area contributed by atoms with Crippen molar-refractivity contribution in [3.05, 3.63) is 23.1 Å². The quantitative estimate of drug-likeness (QED) is 0.747. The first-order chi connectivity index (χ1) is 7.75. The summed E-state index contributed by atoms with van der Waals surface area (Å²) in [5, 5.41) is 1.20. The van der Waals surface area contributed by atoms with Gasteiger partial charge < -0.3 is 9.47 Å². The first-order valence-corrected chi connectivity index (χ1v) is 6.39. The van der Waals surface area contributed by atoms with Gasteiger partial charge in [-0.05, 0) is 24.1 Å². The Hall–Kier alpha value is -1.22. The van der Waals surface area contributed by atoms with Crippen LogP contribution in [0.25, 0.3) is 10.1 Å². The van der Waals surface area contributed by atoms with Crippen LogP contribution in [0.1, 0.15) is 24.6 Å². The van der Waals surface area contributed by atoms with Crippen LogP contribution in [0, 0.1) is 0 Å². The number of ether oxygens (including phenoxy) is 2. The molecule has 0 N–H and O–H groups in total. The van der Waals surface area contributed by atoms with E-state index in [0.717, 1.165) is 11.5 Å². The molecule has 2 nitrogen and oxygen atoms in total.